The summed E-state index contributed by atoms with van der Waals surface area (Å²) in [5, 5.41) is 14.6. The van der Waals surface area contributed by atoms with E-state index in [1.54, 1.807) is 12.1 Å². The molecular formula is C24H19N3O2S. The molecule has 0 saturated heterocycles. The summed E-state index contributed by atoms with van der Waals surface area (Å²) >= 11 is 0. The average molecular weight is 414 g/mol. The van der Waals surface area contributed by atoms with E-state index in [-0.39, 0.29) is 4.90 Å². The number of fused-ring (bicyclic) bond motifs is 3. The molecule has 0 radical (unpaired) electrons. The van der Waals surface area contributed by atoms with Crippen LogP contribution in [0.4, 0.5) is 0 Å². The van der Waals surface area contributed by atoms with Crippen molar-refractivity contribution in [3.63, 3.8) is 0 Å². The van der Waals surface area contributed by atoms with Crippen LogP contribution in [0.15, 0.2) is 89.8 Å². The first-order valence-electron chi connectivity index (χ1n) is 9.52. The number of hydrogen-bond donors (Lipinski definition) is 1. The molecule has 148 valence electrons. The maximum Gasteiger partial charge on any atom is 0.238 e. The maximum atomic E-state index is 11.5. The van der Waals surface area contributed by atoms with E-state index in [1.165, 1.54) is 28.3 Å². The minimum absolute atomic E-state index is 0.0780. The topological polar surface area (TPSA) is 78.0 Å². The van der Waals surface area contributed by atoms with Crippen LogP contribution in [-0.4, -0.2) is 18.2 Å². The van der Waals surface area contributed by atoms with Crippen molar-refractivity contribution in [2.75, 3.05) is 0 Å². The van der Waals surface area contributed by atoms with E-state index in [0.717, 1.165) is 28.0 Å². The Kier molecular flexibility index (Phi) is 4.20. The van der Waals surface area contributed by atoms with Crippen molar-refractivity contribution in [3.8, 4) is 16.9 Å². The highest BCUT2D eigenvalue weighted by molar-refractivity contribution is 7.89. The molecule has 0 aliphatic carbocycles. The standard InChI is InChI=1S/C24H19N3O2S/c1-16-14-24(27(26-16)20-9-11-21(12-10-20)30(25,28)29)19-8-13-23-18(15-19)7-6-17-4-2-3-5-22(17)23/h2-15H,1H3,(H2,25,28,29). The zero-order valence-corrected chi connectivity index (χ0v) is 17.1. The fourth-order valence-electron chi connectivity index (χ4n) is 3.85. The predicted molar refractivity (Wildman–Crippen MR) is 120 cm³/mol. The fraction of sp³-hybridized carbons (Fsp3) is 0.0417. The lowest BCUT2D eigenvalue weighted by molar-refractivity contribution is 0.598. The number of aryl methyl sites for hydroxylation is 1. The molecule has 0 amide bonds. The van der Waals surface area contributed by atoms with Crippen LogP contribution in [-0.2, 0) is 10.0 Å². The van der Waals surface area contributed by atoms with Gasteiger partial charge in [-0.25, -0.2) is 18.2 Å². The van der Waals surface area contributed by atoms with E-state index in [0.29, 0.717) is 0 Å². The number of sulfonamides is 1. The number of rotatable bonds is 3. The zero-order valence-electron chi connectivity index (χ0n) is 16.3. The van der Waals surface area contributed by atoms with Gasteiger partial charge in [-0.3, -0.25) is 0 Å². The third kappa shape index (κ3) is 3.16. The van der Waals surface area contributed by atoms with E-state index >= 15 is 0 Å². The van der Waals surface area contributed by atoms with Crippen molar-refractivity contribution in [2.24, 2.45) is 5.14 Å². The van der Waals surface area contributed by atoms with Crippen molar-refractivity contribution in [1.29, 1.82) is 0 Å². The van der Waals surface area contributed by atoms with Gasteiger partial charge in [0.1, 0.15) is 0 Å². The molecule has 0 unspecified atom stereocenters. The summed E-state index contributed by atoms with van der Waals surface area (Å²) in [7, 11) is -3.73. The smallest absolute Gasteiger partial charge is 0.233 e. The molecule has 0 aliphatic heterocycles. The monoisotopic (exact) mass is 413 g/mol. The number of nitrogens with two attached hydrogens (primary N) is 1. The number of benzene rings is 4. The average Bonchev–Trinajstić information content (AvgIpc) is 3.14. The molecule has 0 spiro atoms. The van der Waals surface area contributed by atoms with Crippen molar-refractivity contribution < 1.29 is 8.42 Å². The normalized spacial score (nSPS) is 11.9. The van der Waals surface area contributed by atoms with Crippen LogP contribution < -0.4 is 5.14 Å². The number of primary sulfonamides is 1. The highest BCUT2D eigenvalue weighted by Gasteiger charge is 2.13. The van der Waals surface area contributed by atoms with Gasteiger partial charge >= 0.3 is 0 Å². The molecule has 4 aromatic carbocycles. The molecule has 1 heterocycles. The van der Waals surface area contributed by atoms with Crippen LogP contribution >= 0.6 is 0 Å². The first-order valence-corrected chi connectivity index (χ1v) is 11.1. The molecule has 6 heteroatoms. The quantitative estimate of drug-likeness (QED) is 0.432. The van der Waals surface area contributed by atoms with Crippen LogP contribution in [0.5, 0.6) is 0 Å². The molecule has 1 aromatic heterocycles. The van der Waals surface area contributed by atoms with E-state index in [9.17, 15) is 8.42 Å². The van der Waals surface area contributed by atoms with Gasteiger partial charge in [0.05, 0.1) is 22.0 Å². The molecule has 30 heavy (non-hydrogen) atoms. The number of hydrogen-bond acceptors (Lipinski definition) is 3. The van der Waals surface area contributed by atoms with Crippen LogP contribution in [0.2, 0.25) is 0 Å². The van der Waals surface area contributed by atoms with Crippen LogP contribution in [0, 0.1) is 6.92 Å². The fourth-order valence-corrected chi connectivity index (χ4v) is 4.37. The van der Waals surface area contributed by atoms with E-state index in [2.05, 4.69) is 53.6 Å². The Labute approximate surface area is 174 Å². The van der Waals surface area contributed by atoms with Crippen LogP contribution in [0.25, 0.3) is 38.5 Å². The Morgan fingerprint density at radius 3 is 2.27 bits per heavy atom. The summed E-state index contributed by atoms with van der Waals surface area (Å²) in [6.45, 7) is 1.94. The second-order valence-electron chi connectivity index (χ2n) is 7.34. The zero-order chi connectivity index (χ0) is 20.9. The minimum Gasteiger partial charge on any atom is -0.233 e. The molecule has 2 N–H and O–H groups in total. The van der Waals surface area contributed by atoms with Gasteiger partial charge in [-0.15, -0.1) is 0 Å². The SMILES string of the molecule is Cc1cc(-c2ccc3c(ccc4ccccc43)c2)n(-c2ccc(S(N)(=O)=O)cc2)n1. The van der Waals surface area contributed by atoms with Gasteiger partial charge in [-0.05, 0) is 64.9 Å². The van der Waals surface area contributed by atoms with Crippen LogP contribution in [0.3, 0.4) is 0 Å². The van der Waals surface area contributed by atoms with Crippen molar-refractivity contribution in [2.45, 2.75) is 11.8 Å². The second-order valence-corrected chi connectivity index (χ2v) is 8.91. The third-order valence-electron chi connectivity index (χ3n) is 5.28. The Hall–Kier alpha value is -3.48. The van der Waals surface area contributed by atoms with E-state index < -0.39 is 10.0 Å². The van der Waals surface area contributed by atoms with Gasteiger partial charge in [0.25, 0.3) is 0 Å². The molecule has 0 atom stereocenters. The predicted octanol–water partition coefficient (Wildman–Crippen LogP) is 4.80. The van der Waals surface area contributed by atoms with Gasteiger partial charge < -0.3 is 0 Å². The largest absolute Gasteiger partial charge is 0.238 e. The minimum atomic E-state index is -3.73. The van der Waals surface area contributed by atoms with Gasteiger partial charge in [-0.1, -0.05) is 48.5 Å². The molecule has 5 rings (SSSR count). The molecule has 0 saturated carbocycles. The first-order chi connectivity index (χ1) is 14.4. The summed E-state index contributed by atoms with van der Waals surface area (Å²) in [6, 6.07) is 27.5. The third-order valence-corrected chi connectivity index (χ3v) is 6.21. The lowest BCUT2D eigenvalue weighted by Gasteiger charge is -2.10. The summed E-state index contributed by atoms with van der Waals surface area (Å²) in [5.41, 5.74) is 3.61. The highest BCUT2D eigenvalue weighted by atomic mass is 32.2. The van der Waals surface area contributed by atoms with E-state index in [4.69, 9.17) is 5.14 Å². The second kappa shape index (κ2) is 6.79. The van der Waals surface area contributed by atoms with Gasteiger partial charge in [0, 0.05) is 5.56 Å². The number of nitrogens with zero attached hydrogens (tertiary/aromatic N) is 2. The highest BCUT2D eigenvalue weighted by Crippen LogP contribution is 2.31. The van der Waals surface area contributed by atoms with Gasteiger partial charge in [0.15, 0.2) is 0 Å². The summed E-state index contributed by atoms with van der Waals surface area (Å²) in [6.07, 6.45) is 0. The summed E-state index contributed by atoms with van der Waals surface area (Å²) < 4.78 is 24.9. The molecule has 0 aliphatic rings. The van der Waals surface area contributed by atoms with Crippen LogP contribution in [0.1, 0.15) is 5.69 Å². The Morgan fingerprint density at radius 2 is 1.50 bits per heavy atom. The van der Waals surface area contributed by atoms with Crippen molar-refractivity contribution >= 4 is 31.6 Å². The molecule has 0 fully saturated rings. The van der Waals surface area contributed by atoms with Crippen molar-refractivity contribution in [1.82, 2.24) is 9.78 Å². The Balaban J connectivity index is 1.65. The number of aromatic nitrogens is 2. The van der Waals surface area contributed by atoms with Gasteiger partial charge in [-0.2, -0.15) is 5.10 Å². The van der Waals surface area contributed by atoms with Crippen molar-refractivity contribution in [3.05, 3.63) is 90.6 Å². The molecular weight excluding hydrogens is 394 g/mol. The molecule has 5 nitrogen and oxygen atoms in total. The van der Waals surface area contributed by atoms with E-state index in [1.807, 2.05) is 23.7 Å². The summed E-state index contributed by atoms with van der Waals surface area (Å²) in [5.74, 6) is 0. The van der Waals surface area contributed by atoms with Gasteiger partial charge in [0.2, 0.25) is 10.0 Å². The lowest BCUT2D eigenvalue weighted by atomic mass is 9.99. The maximum absolute atomic E-state index is 11.5. The Bertz CT molecular complexity index is 1520. The molecule has 5 aromatic rings. The Morgan fingerprint density at radius 1 is 0.800 bits per heavy atom. The lowest BCUT2D eigenvalue weighted by Crippen LogP contribution is -2.12. The molecule has 0 bridgehead atoms. The summed E-state index contributed by atoms with van der Waals surface area (Å²) in [4.78, 5) is 0.0780. The first kappa shape index (κ1) is 18.5.